The molecule has 9 aromatic rings. The van der Waals surface area contributed by atoms with Crippen molar-refractivity contribution in [2.24, 2.45) is 0 Å². The number of aromatic nitrogens is 2. The van der Waals surface area contributed by atoms with Crippen molar-refractivity contribution in [2.75, 3.05) is 0 Å². The molecule has 0 saturated carbocycles. The van der Waals surface area contributed by atoms with Gasteiger partial charge in [-0.05, 0) is 67.1 Å². The summed E-state index contributed by atoms with van der Waals surface area (Å²) in [5.74, 6) is 1.62. The zero-order valence-electron chi connectivity index (χ0n) is 31.6. The summed E-state index contributed by atoms with van der Waals surface area (Å²) in [6, 6.07) is 65.4. The molecule has 3 aliphatic rings. The summed E-state index contributed by atoms with van der Waals surface area (Å²) in [4.78, 5) is 10.6. The largest absolute Gasteiger partial charge is 0.485 e. The normalized spacial score (nSPS) is 15.7. The minimum absolute atomic E-state index is 0.106. The number of para-hydroxylation sites is 1. The van der Waals surface area contributed by atoms with Crippen LogP contribution in [-0.4, -0.2) is 16.1 Å². The lowest BCUT2D eigenvalue weighted by Gasteiger charge is -2.45. The van der Waals surface area contributed by atoms with Crippen LogP contribution >= 0.6 is 0 Å². The van der Waals surface area contributed by atoms with E-state index in [1.54, 1.807) is 0 Å². The smallest absolute Gasteiger partial charge is 0.160 e. The third-order valence-electron chi connectivity index (χ3n) is 12.5. The Labute approximate surface area is 337 Å². The molecule has 3 heteroatoms. The molecule has 2 aliphatic carbocycles. The summed E-state index contributed by atoms with van der Waals surface area (Å²) in [6.45, 7) is 0. The lowest BCUT2D eigenvalue weighted by molar-refractivity contribution is 0.206. The lowest BCUT2D eigenvalue weighted by atomic mass is 9.62. The molecular formula is C55H36N2O. The van der Waals surface area contributed by atoms with Crippen molar-refractivity contribution in [3.05, 3.63) is 222 Å². The van der Waals surface area contributed by atoms with Crippen molar-refractivity contribution in [1.82, 2.24) is 9.97 Å². The van der Waals surface area contributed by atoms with Crippen LogP contribution in [0.1, 0.15) is 23.1 Å². The fraction of sp³-hybridized carbons (Fsp3) is 0.0545. The van der Waals surface area contributed by atoms with E-state index in [-0.39, 0.29) is 6.10 Å². The lowest BCUT2D eigenvalue weighted by Crippen LogP contribution is -2.42. The molecular weight excluding hydrogens is 705 g/mol. The molecule has 1 spiro atoms. The van der Waals surface area contributed by atoms with Gasteiger partial charge in [-0.25, -0.2) is 9.97 Å². The summed E-state index contributed by atoms with van der Waals surface area (Å²) >= 11 is 0. The monoisotopic (exact) mass is 740 g/mol. The number of rotatable bonds is 4. The van der Waals surface area contributed by atoms with Crippen LogP contribution in [0.15, 0.2) is 206 Å². The van der Waals surface area contributed by atoms with E-state index in [1.807, 2.05) is 18.2 Å². The molecule has 0 saturated heterocycles. The van der Waals surface area contributed by atoms with Gasteiger partial charge in [-0.1, -0.05) is 188 Å². The highest BCUT2D eigenvalue weighted by atomic mass is 16.5. The van der Waals surface area contributed by atoms with Gasteiger partial charge in [0.2, 0.25) is 0 Å². The minimum atomic E-state index is -0.481. The predicted octanol–water partition coefficient (Wildman–Crippen LogP) is 13.4. The Morgan fingerprint density at radius 3 is 1.93 bits per heavy atom. The summed E-state index contributed by atoms with van der Waals surface area (Å²) in [7, 11) is 0. The Morgan fingerprint density at radius 2 is 1.10 bits per heavy atom. The Morgan fingerprint density at radius 1 is 0.466 bits per heavy atom. The van der Waals surface area contributed by atoms with Crippen molar-refractivity contribution in [3.63, 3.8) is 0 Å². The average Bonchev–Trinajstić information content (AvgIpc) is 3.59. The maximum absolute atomic E-state index is 7.23. The molecule has 12 rings (SSSR count). The maximum atomic E-state index is 7.23. The Bertz CT molecular complexity index is 3150. The predicted molar refractivity (Wildman–Crippen MR) is 237 cm³/mol. The Kier molecular flexibility index (Phi) is 7.27. The van der Waals surface area contributed by atoms with Gasteiger partial charge >= 0.3 is 0 Å². The SMILES string of the molecule is C1=CCC2Oc3c(-c4ccccc4-c4cc(-c5ccc6c(ccc7ccccc76)c5)nc(-c5ccccc5)n4)cccc3C3(C2=C1)c1ccccc1-c1ccccc13. The first-order valence-electron chi connectivity index (χ1n) is 20.1. The minimum Gasteiger partial charge on any atom is -0.485 e. The van der Waals surface area contributed by atoms with Gasteiger partial charge in [-0.2, -0.15) is 0 Å². The fourth-order valence-electron chi connectivity index (χ4n) is 9.95. The van der Waals surface area contributed by atoms with E-state index >= 15 is 0 Å². The van der Waals surface area contributed by atoms with Crippen LogP contribution in [0.4, 0.5) is 0 Å². The zero-order valence-corrected chi connectivity index (χ0v) is 31.6. The fourth-order valence-corrected chi connectivity index (χ4v) is 9.95. The van der Waals surface area contributed by atoms with Crippen LogP contribution in [0.5, 0.6) is 5.75 Å². The van der Waals surface area contributed by atoms with E-state index in [0.717, 1.165) is 51.4 Å². The first-order chi connectivity index (χ1) is 28.8. The van der Waals surface area contributed by atoms with E-state index in [9.17, 15) is 0 Å². The number of allylic oxidation sites excluding steroid dienone is 2. The van der Waals surface area contributed by atoms with Gasteiger partial charge in [0.05, 0.1) is 16.8 Å². The number of fused-ring (bicyclic) bond motifs is 12. The molecule has 0 radical (unpaired) electrons. The molecule has 58 heavy (non-hydrogen) atoms. The molecule has 272 valence electrons. The Hall–Kier alpha value is -7.36. The maximum Gasteiger partial charge on any atom is 0.160 e. The van der Waals surface area contributed by atoms with Crippen LogP contribution in [0, 0.1) is 0 Å². The average molecular weight is 741 g/mol. The van der Waals surface area contributed by atoms with Crippen LogP contribution in [-0.2, 0) is 5.41 Å². The van der Waals surface area contributed by atoms with E-state index in [1.165, 1.54) is 54.9 Å². The number of ether oxygens (including phenoxy) is 1. The van der Waals surface area contributed by atoms with Gasteiger partial charge in [0.1, 0.15) is 11.9 Å². The number of benzene rings is 8. The van der Waals surface area contributed by atoms with Crippen molar-refractivity contribution in [3.8, 4) is 61.9 Å². The molecule has 0 fully saturated rings. The number of hydrogen-bond acceptors (Lipinski definition) is 3. The van der Waals surface area contributed by atoms with Crippen molar-refractivity contribution in [1.29, 1.82) is 0 Å². The number of hydrogen-bond donors (Lipinski definition) is 0. The molecule has 1 aromatic heterocycles. The molecule has 0 N–H and O–H groups in total. The molecule has 0 amide bonds. The second kappa shape index (κ2) is 12.8. The first kappa shape index (κ1) is 32.8. The molecule has 2 heterocycles. The highest BCUT2D eigenvalue weighted by Gasteiger charge is 2.54. The summed E-state index contributed by atoms with van der Waals surface area (Å²) < 4.78 is 7.23. The van der Waals surface area contributed by atoms with Crippen LogP contribution in [0.3, 0.4) is 0 Å². The van der Waals surface area contributed by atoms with Crippen molar-refractivity contribution in [2.45, 2.75) is 17.9 Å². The van der Waals surface area contributed by atoms with Crippen molar-refractivity contribution >= 4 is 21.5 Å². The quantitative estimate of drug-likeness (QED) is 0.169. The topological polar surface area (TPSA) is 35.0 Å². The molecule has 1 aliphatic heterocycles. The van der Waals surface area contributed by atoms with E-state index in [0.29, 0.717) is 5.82 Å². The summed E-state index contributed by atoms with van der Waals surface area (Å²) in [5, 5.41) is 4.90. The van der Waals surface area contributed by atoms with E-state index in [2.05, 4.69) is 182 Å². The van der Waals surface area contributed by atoms with Gasteiger partial charge in [0.25, 0.3) is 0 Å². The molecule has 1 unspecified atom stereocenters. The zero-order chi connectivity index (χ0) is 38.2. The summed E-state index contributed by atoms with van der Waals surface area (Å²) in [6.07, 6.45) is 7.45. The van der Waals surface area contributed by atoms with Gasteiger partial charge in [0.15, 0.2) is 5.82 Å². The van der Waals surface area contributed by atoms with Gasteiger partial charge < -0.3 is 4.74 Å². The highest BCUT2D eigenvalue weighted by molar-refractivity contribution is 6.08. The third-order valence-corrected chi connectivity index (χ3v) is 12.5. The van der Waals surface area contributed by atoms with Gasteiger partial charge in [-0.3, -0.25) is 0 Å². The van der Waals surface area contributed by atoms with Crippen LogP contribution in [0.25, 0.3) is 77.7 Å². The first-order valence-corrected chi connectivity index (χ1v) is 20.1. The Balaban J connectivity index is 1.07. The molecule has 0 bridgehead atoms. The van der Waals surface area contributed by atoms with E-state index < -0.39 is 5.41 Å². The van der Waals surface area contributed by atoms with Crippen LogP contribution < -0.4 is 4.74 Å². The molecule has 1 atom stereocenters. The van der Waals surface area contributed by atoms with Gasteiger partial charge in [-0.15, -0.1) is 0 Å². The standard InChI is InChI=1S/C55H36N2O/c1-2-16-36(17-3-1)54-56-50(38-31-32-40-37(33-38)30-29-35-15-4-5-18-39(35)40)34-51(57-54)44-22-7-6-19-41(44)45-23-14-27-49-53(45)58-52-28-13-12-26-48(52)55(49)46-24-10-8-20-42(46)43-21-9-11-25-47(43)55/h1-27,29-34,52H,28H2. The van der Waals surface area contributed by atoms with Crippen molar-refractivity contribution < 1.29 is 4.74 Å². The van der Waals surface area contributed by atoms with E-state index in [4.69, 9.17) is 14.7 Å². The number of nitrogens with zero attached hydrogens (tertiary/aromatic N) is 2. The summed E-state index contributed by atoms with van der Waals surface area (Å²) in [5.41, 5.74) is 14.1. The van der Waals surface area contributed by atoms with Gasteiger partial charge in [0, 0.05) is 34.2 Å². The second-order valence-corrected chi connectivity index (χ2v) is 15.5. The second-order valence-electron chi connectivity index (χ2n) is 15.5. The molecule has 8 aromatic carbocycles. The molecule has 3 nitrogen and oxygen atoms in total. The third kappa shape index (κ3) is 4.80. The van der Waals surface area contributed by atoms with Crippen LogP contribution in [0.2, 0.25) is 0 Å². The highest BCUT2D eigenvalue weighted by Crippen LogP contribution is 2.62.